The number of hydrazone groups is 1. The molecule has 4 aromatic rings. The first-order valence-corrected chi connectivity index (χ1v) is 9.28. The summed E-state index contributed by atoms with van der Waals surface area (Å²) < 4.78 is 2.15. The van der Waals surface area contributed by atoms with Gasteiger partial charge in [-0.15, -0.1) is 0 Å². The Balaban J connectivity index is 1.49. The molecule has 0 radical (unpaired) electrons. The topological polar surface area (TPSA) is 31.5 Å². The van der Waals surface area contributed by atoms with Crippen molar-refractivity contribution < 1.29 is 4.57 Å². The summed E-state index contributed by atoms with van der Waals surface area (Å²) >= 11 is 0. The van der Waals surface area contributed by atoms with Gasteiger partial charge in [0.15, 0.2) is 0 Å². The van der Waals surface area contributed by atoms with E-state index in [0.29, 0.717) is 0 Å². The number of hydrogen-bond donors (Lipinski definition) is 1. The van der Waals surface area contributed by atoms with Gasteiger partial charge in [-0.1, -0.05) is 30.3 Å². The van der Waals surface area contributed by atoms with Crippen molar-refractivity contribution in [3.63, 3.8) is 0 Å². The molecule has 0 aliphatic heterocycles. The van der Waals surface area contributed by atoms with Gasteiger partial charge in [0.1, 0.15) is 13.3 Å². The van der Waals surface area contributed by atoms with Gasteiger partial charge in [-0.25, -0.2) is 0 Å². The standard InChI is InChI=1S/C24H23N4/c1-27-23(15-12-19-8-6-7-11-24(19)27)18-25-28(2)22-16-13-21(14-17-22)26-20-9-4-3-5-10-20/h3-18,26H,1-2H3/q+1. The minimum atomic E-state index is 1.03. The second-order valence-electron chi connectivity index (χ2n) is 6.68. The van der Waals surface area contributed by atoms with E-state index < -0.39 is 0 Å². The summed E-state index contributed by atoms with van der Waals surface area (Å²) in [5, 5.41) is 11.1. The van der Waals surface area contributed by atoms with Gasteiger partial charge in [0.05, 0.1) is 5.69 Å². The van der Waals surface area contributed by atoms with Gasteiger partial charge in [-0.05, 0) is 48.5 Å². The summed E-state index contributed by atoms with van der Waals surface area (Å²) in [5.74, 6) is 0. The van der Waals surface area contributed by atoms with E-state index in [1.54, 1.807) is 0 Å². The van der Waals surface area contributed by atoms with E-state index in [2.05, 4.69) is 82.7 Å². The van der Waals surface area contributed by atoms with Crippen LogP contribution in [0.15, 0.2) is 96.1 Å². The van der Waals surface area contributed by atoms with Crippen LogP contribution in [0.5, 0.6) is 0 Å². The van der Waals surface area contributed by atoms with Crippen LogP contribution < -0.4 is 14.9 Å². The lowest BCUT2D eigenvalue weighted by Crippen LogP contribution is -2.34. The van der Waals surface area contributed by atoms with Gasteiger partial charge in [0, 0.05) is 35.9 Å². The van der Waals surface area contributed by atoms with Crippen LogP contribution in [0.4, 0.5) is 17.1 Å². The Bertz CT molecular complexity index is 1100. The number of aryl methyl sites for hydroxylation is 1. The number of nitrogens with zero attached hydrogens (tertiary/aromatic N) is 3. The smallest absolute Gasteiger partial charge is 0.225 e. The van der Waals surface area contributed by atoms with Crippen molar-refractivity contribution in [1.29, 1.82) is 0 Å². The van der Waals surface area contributed by atoms with E-state index >= 15 is 0 Å². The number of rotatable bonds is 5. The van der Waals surface area contributed by atoms with E-state index in [1.807, 2.05) is 48.6 Å². The molecule has 1 N–H and O–H groups in total. The fraction of sp³-hybridized carbons (Fsp3) is 0.0833. The summed E-state index contributed by atoms with van der Waals surface area (Å²) in [6, 6.07) is 31.0. The molecule has 0 saturated carbocycles. The highest BCUT2D eigenvalue weighted by atomic mass is 15.4. The first-order valence-electron chi connectivity index (χ1n) is 9.28. The van der Waals surface area contributed by atoms with Gasteiger partial charge >= 0.3 is 0 Å². The second kappa shape index (κ2) is 7.92. The van der Waals surface area contributed by atoms with Crippen LogP contribution in [-0.4, -0.2) is 13.3 Å². The second-order valence-corrected chi connectivity index (χ2v) is 6.68. The summed E-state index contributed by atoms with van der Waals surface area (Å²) in [4.78, 5) is 0. The van der Waals surface area contributed by atoms with Gasteiger partial charge in [-0.2, -0.15) is 9.67 Å². The van der Waals surface area contributed by atoms with E-state index in [9.17, 15) is 0 Å². The predicted molar refractivity (Wildman–Crippen MR) is 117 cm³/mol. The van der Waals surface area contributed by atoms with Crippen LogP contribution in [0.3, 0.4) is 0 Å². The van der Waals surface area contributed by atoms with Gasteiger partial charge in [-0.3, -0.25) is 5.01 Å². The van der Waals surface area contributed by atoms with Crippen molar-refractivity contribution in [2.24, 2.45) is 12.1 Å². The summed E-state index contributed by atoms with van der Waals surface area (Å²) in [5.41, 5.74) is 5.38. The van der Waals surface area contributed by atoms with E-state index in [-0.39, 0.29) is 0 Å². The highest BCUT2D eigenvalue weighted by molar-refractivity contribution is 5.81. The van der Waals surface area contributed by atoms with Crippen LogP contribution in [0.2, 0.25) is 0 Å². The van der Waals surface area contributed by atoms with Crippen molar-refractivity contribution in [1.82, 2.24) is 0 Å². The number of benzene rings is 3. The lowest BCUT2D eigenvalue weighted by molar-refractivity contribution is -0.645. The van der Waals surface area contributed by atoms with E-state index in [0.717, 1.165) is 22.8 Å². The Morgan fingerprint density at radius 1 is 0.786 bits per heavy atom. The molecule has 0 unspecified atom stereocenters. The zero-order valence-corrected chi connectivity index (χ0v) is 16.1. The number of fused-ring (bicyclic) bond motifs is 1. The van der Waals surface area contributed by atoms with Crippen LogP contribution in [-0.2, 0) is 7.05 Å². The van der Waals surface area contributed by atoms with Crippen LogP contribution >= 0.6 is 0 Å². The quantitative estimate of drug-likeness (QED) is 0.310. The van der Waals surface area contributed by atoms with Gasteiger partial charge in [0.25, 0.3) is 0 Å². The maximum atomic E-state index is 4.61. The average Bonchev–Trinajstić information content (AvgIpc) is 2.74. The number of para-hydroxylation sites is 2. The molecule has 1 heterocycles. The van der Waals surface area contributed by atoms with E-state index in [4.69, 9.17) is 0 Å². The molecule has 4 rings (SSSR count). The monoisotopic (exact) mass is 367 g/mol. The summed E-state index contributed by atoms with van der Waals surface area (Å²) in [6.45, 7) is 0. The third kappa shape index (κ3) is 3.86. The third-order valence-corrected chi connectivity index (χ3v) is 4.79. The molecule has 0 spiro atoms. The number of hydrogen-bond acceptors (Lipinski definition) is 3. The zero-order valence-electron chi connectivity index (χ0n) is 16.1. The zero-order chi connectivity index (χ0) is 19.3. The normalized spacial score (nSPS) is 11.1. The number of nitrogens with one attached hydrogen (secondary N) is 1. The lowest BCUT2D eigenvalue weighted by Gasteiger charge is -2.13. The molecule has 0 aliphatic carbocycles. The third-order valence-electron chi connectivity index (χ3n) is 4.79. The molecule has 0 bridgehead atoms. The van der Waals surface area contributed by atoms with Crippen molar-refractivity contribution in [3.8, 4) is 0 Å². The molecule has 0 saturated heterocycles. The average molecular weight is 367 g/mol. The van der Waals surface area contributed by atoms with Gasteiger partial charge in [0.2, 0.25) is 11.2 Å². The molecule has 1 aromatic heterocycles. The van der Waals surface area contributed by atoms with Gasteiger partial charge < -0.3 is 5.32 Å². The largest absolute Gasteiger partial charge is 0.356 e. The predicted octanol–water partition coefficient (Wildman–Crippen LogP) is 4.88. The molecule has 138 valence electrons. The highest BCUT2D eigenvalue weighted by Crippen LogP contribution is 2.20. The molecular formula is C24H23N4+. The number of pyridine rings is 1. The molecule has 0 fully saturated rings. The molecule has 0 aliphatic rings. The first-order chi connectivity index (χ1) is 13.7. The highest BCUT2D eigenvalue weighted by Gasteiger charge is 2.09. The van der Waals surface area contributed by atoms with Crippen molar-refractivity contribution in [3.05, 3.63) is 96.7 Å². The SMILES string of the molecule is CN(/N=C/c1ccc2ccccc2[n+]1C)c1ccc(Nc2ccccc2)cc1. The summed E-state index contributed by atoms with van der Waals surface area (Å²) in [6.07, 6.45) is 1.89. The Labute approximate surface area is 165 Å². The van der Waals surface area contributed by atoms with Crippen LogP contribution in [0, 0.1) is 0 Å². The fourth-order valence-corrected chi connectivity index (χ4v) is 3.15. The Morgan fingerprint density at radius 2 is 1.46 bits per heavy atom. The molecule has 3 aromatic carbocycles. The van der Waals surface area contributed by atoms with Crippen molar-refractivity contribution in [2.75, 3.05) is 17.4 Å². The summed E-state index contributed by atoms with van der Waals surface area (Å²) in [7, 11) is 4.02. The Hall–Kier alpha value is -3.66. The number of anilines is 3. The molecule has 4 nitrogen and oxygen atoms in total. The molecule has 0 amide bonds. The molecule has 28 heavy (non-hydrogen) atoms. The number of aromatic nitrogens is 1. The molecule has 4 heteroatoms. The fourth-order valence-electron chi connectivity index (χ4n) is 3.15. The van der Waals surface area contributed by atoms with Crippen LogP contribution in [0.1, 0.15) is 5.69 Å². The van der Waals surface area contributed by atoms with Crippen LogP contribution in [0.25, 0.3) is 10.9 Å². The maximum Gasteiger partial charge on any atom is 0.225 e. The first kappa shape index (κ1) is 17.7. The Morgan fingerprint density at radius 3 is 2.25 bits per heavy atom. The maximum absolute atomic E-state index is 4.61. The Kier molecular flexibility index (Phi) is 5.02. The van der Waals surface area contributed by atoms with Crippen molar-refractivity contribution >= 4 is 34.2 Å². The van der Waals surface area contributed by atoms with Crippen molar-refractivity contribution in [2.45, 2.75) is 0 Å². The lowest BCUT2D eigenvalue weighted by atomic mass is 10.2. The minimum Gasteiger partial charge on any atom is -0.356 e. The molecule has 0 atom stereocenters. The minimum absolute atomic E-state index is 1.03. The molecular weight excluding hydrogens is 344 g/mol. The van der Waals surface area contributed by atoms with E-state index in [1.165, 1.54) is 10.9 Å².